The summed E-state index contributed by atoms with van der Waals surface area (Å²) in [6.07, 6.45) is 2.57. The van der Waals surface area contributed by atoms with Crippen molar-refractivity contribution < 1.29 is 9.90 Å². The van der Waals surface area contributed by atoms with Gasteiger partial charge in [0.15, 0.2) is 0 Å². The highest BCUT2D eigenvalue weighted by Gasteiger charge is 2.09. The molecule has 2 heterocycles. The maximum atomic E-state index is 10.5. The van der Waals surface area contributed by atoms with Gasteiger partial charge in [-0.2, -0.15) is 5.10 Å². The van der Waals surface area contributed by atoms with Crippen LogP contribution in [-0.2, 0) is 24.8 Å². The van der Waals surface area contributed by atoms with Crippen molar-refractivity contribution in [1.29, 1.82) is 0 Å². The number of tetrazole rings is 1. The van der Waals surface area contributed by atoms with Crippen LogP contribution in [0.4, 0.5) is 0 Å². The van der Waals surface area contributed by atoms with Crippen molar-refractivity contribution in [2.45, 2.75) is 18.1 Å². The van der Waals surface area contributed by atoms with E-state index in [4.69, 9.17) is 5.11 Å². The molecule has 0 aliphatic heterocycles. The van der Waals surface area contributed by atoms with Crippen molar-refractivity contribution in [3.05, 3.63) is 18.0 Å². The van der Waals surface area contributed by atoms with Gasteiger partial charge in [0.2, 0.25) is 5.16 Å². The van der Waals surface area contributed by atoms with E-state index in [0.717, 1.165) is 17.5 Å². The summed E-state index contributed by atoms with van der Waals surface area (Å²) in [5, 5.41) is 24.5. The molecule has 8 nitrogen and oxygen atoms in total. The Labute approximate surface area is 107 Å². The Kier molecular flexibility index (Phi) is 3.92. The zero-order valence-electron chi connectivity index (χ0n) is 9.72. The summed E-state index contributed by atoms with van der Waals surface area (Å²) in [5.41, 5.74) is 0.946. The molecule has 2 rings (SSSR count). The molecule has 0 bridgehead atoms. The lowest BCUT2D eigenvalue weighted by atomic mass is 10.3. The number of carboxylic acids is 1. The normalized spacial score (nSPS) is 10.7. The summed E-state index contributed by atoms with van der Waals surface area (Å²) in [4.78, 5) is 10.5. The Bertz CT molecular complexity index is 537. The fraction of sp³-hybridized carbons (Fsp3) is 0.444. The highest BCUT2D eigenvalue weighted by Crippen LogP contribution is 2.13. The van der Waals surface area contributed by atoms with Gasteiger partial charge in [0.25, 0.3) is 0 Å². The summed E-state index contributed by atoms with van der Waals surface area (Å²) in [6, 6.07) is 1.93. The van der Waals surface area contributed by atoms with E-state index in [0.29, 0.717) is 18.1 Å². The summed E-state index contributed by atoms with van der Waals surface area (Å²) in [7, 11) is 1.86. The maximum absolute atomic E-state index is 10.5. The summed E-state index contributed by atoms with van der Waals surface area (Å²) in [6.45, 7) is 0.575. The number of hydrogen-bond acceptors (Lipinski definition) is 6. The number of carbonyl (C=O) groups is 1. The van der Waals surface area contributed by atoms with E-state index < -0.39 is 5.97 Å². The van der Waals surface area contributed by atoms with Crippen molar-refractivity contribution in [2.75, 3.05) is 5.75 Å². The Morgan fingerprint density at radius 3 is 3.06 bits per heavy atom. The van der Waals surface area contributed by atoms with Gasteiger partial charge in [0, 0.05) is 19.7 Å². The third-order valence-corrected chi connectivity index (χ3v) is 3.11. The van der Waals surface area contributed by atoms with Crippen LogP contribution < -0.4 is 0 Å². The van der Waals surface area contributed by atoms with Gasteiger partial charge in [-0.05, 0) is 16.5 Å². The predicted octanol–water partition coefficient (Wildman–Crippen LogP) is -0.174. The van der Waals surface area contributed by atoms with Crippen LogP contribution in [-0.4, -0.2) is 46.8 Å². The molecule has 0 fully saturated rings. The van der Waals surface area contributed by atoms with E-state index in [1.54, 1.807) is 9.36 Å². The van der Waals surface area contributed by atoms with Crippen molar-refractivity contribution in [3.8, 4) is 0 Å². The molecule has 0 aromatic carbocycles. The summed E-state index contributed by atoms with van der Waals surface area (Å²) >= 11 is 1.10. The molecule has 2 aromatic rings. The fourth-order valence-electron chi connectivity index (χ4n) is 1.38. The molecule has 0 saturated carbocycles. The first kappa shape index (κ1) is 12.6. The highest BCUT2D eigenvalue weighted by molar-refractivity contribution is 7.99. The summed E-state index contributed by atoms with van der Waals surface area (Å²) < 4.78 is 3.32. The van der Waals surface area contributed by atoms with Gasteiger partial charge in [-0.1, -0.05) is 11.8 Å². The molecule has 0 unspecified atom stereocenters. The second-order valence-electron chi connectivity index (χ2n) is 3.60. The molecule has 0 spiro atoms. The Morgan fingerprint density at radius 2 is 2.39 bits per heavy atom. The largest absolute Gasteiger partial charge is 0.481 e. The first-order valence-corrected chi connectivity index (χ1v) is 6.23. The molecule has 96 valence electrons. The maximum Gasteiger partial charge on any atom is 0.313 e. The van der Waals surface area contributed by atoms with Gasteiger partial charge in [-0.25, -0.2) is 4.68 Å². The minimum atomic E-state index is -0.890. The van der Waals surface area contributed by atoms with Gasteiger partial charge in [0.05, 0.1) is 18.0 Å². The van der Waals surface area contributed by atoms with Gasteiger partial charge in [-0.3, -0.25) is 9.48 Å². The van der Waals surface area contributed by atoms with E-state index in [-0.39, 0.29) is 5.75 Å². The highest BCUT2D eigenvalue weighted by atomic mass is 32.2. The number of carboxylic acid groups (broad SMARTS) is 1. The molecule has 0 aliphatic carbocycles. The second-order valence-corrected chi connectivity index (χ2v) is 4.54. The van der Waals surface area contributed by atoms with Crippen LogP contribution >= 0.6 is 11.8 Å². The molecule has 0 aliphatic rings. The van der Waals surface area contributed by atoms with Crippen LogP contribution in [0.5, 0.6) is 0 Å². The van der Waals surface area contributed by atoms with Gasteiger partial charge in [0.1, 0.15) is 0 Å². The number of nitrogens with zero attached hydrogens (tertiary/aromatic N) is 6. The zero-order chi connectivity index (χ0) is 13.0. The molecule has 1 N–H and O–H groups in total. The van der Waals surface area contributed by atoms with Crippen molar-refractivity contribution in [3.63, 3.8) is 0 Å². The van der Waals surface area contributed by atoms with E-state index in [1.165, 1.54) is 0 Å². The standard InChI is InChI=1S/C9H12N6O2S/c1-14-4-2-7(11-14)3-5-15-9(10-12-13-15)18-6-8(16)17/h2,4H,3,5-6H2,1H3,(H,16,17). The van der Waals surface area contributed by atoms with Crippen LogP contribution in [0.25, 0.3) is 0 Å². The fourth-order valence-corrected chi connectivity index (χ4v) is 2.01. The molecule has 0 saturated heterocycles. The first-order chi connectivity index (χ1) is 8.65. The van der Waals surface area contributed by atoms with Gasteiger partial charge < -0.3 is 5.11 Å². The van der Waals surface area contributed by atoms with Crippen LogP contribution in [0.2, 0.25) is 0 Å². The van der Waals surface area contributed by atoms with Crippen LogP contribution in [0.3, 0.4) is 0 Å². The van der Waals surface area contributed by atoms with E-state index in [2.05, 4.69) is 20.6 Å². The topological polar surface area (TPSA) is 98.7 Å². The Hall–Kier alpha value is -1.90. The zero-order valence-corrected chi connectivity index (χ0v) is 10.5. The molecular formula is C9H12N6O2S. The number of hydrogen-bond donors (Lipinski definition) is 1. The number of aromatic nitrogens is 6. The molecule has 9 heteroatoms. The van der Waals surface area contributed by atoms with E-state index in [9.17, 15) is 4.79 Å². The summed E-state index contributed by atoms with van der Waals surface area (Å²) in [5.74, 6) is -0.941. The third-order valence-electron chi connectivity index (χ3n) is 2.17. The lowest BCUT2D eigenvalue weighted by Crippen LogP contribution is -2.07. The molecule has 0 atom stereocenters. The number of aliphatic carboxylic acids is 1. The minimum absolute atomic E-state index is 0.0516. The van der Waals surface area contributed by atoms with Crippen molar-refractivity contribution >= 4 is 17.7 Å². The molecule has 0 radical (unpaired) electrons. The van der Waals surface area contributed by atoms with Crippen molar-refractivity contribution in [2.24, 2.45) is 7.05 Å². The lowest BCUT2D eigenvalue weighted by molar-refractivity contribution is -0.133. The average Bonchev–Trinajstić information content (AvgIpc) is 2.92. The molecule has 18 heavy (non-hydrogen) atoms. The van der Waals surface area contributed by atoms with Crippen molar-refractivity contribution in [1.82, 2.24) is 30.0 Å². The average molecular weight is 268 g/mol. The SMILES string of the molecule is Cn1ccc(CCn2nnnc2SCC(=O)O)n1. The van der Waals surface area contributed by atoms with Crippen LogP contribution in [0.1, 0.15) is 5.69 Å². The first-order valence-electron chi connectivity index (χ1n) is 5.24. The second kappa shape index (κ2) is 5.63. The third kappa shape index (κ3) is 3.29. The number of rotatable bonds is 6. The number of thioether (sulfide) groups is 1. The van der Waals surface area contributed by atoms with Gasteiger partial charge >= 0.3 is 5.97 Å². The smallest absolute Gasteiger partial charge is 0.313 e. The Morgan fingerprint density at radius 1 is 1.56 bits per heavy atom. The lowest BCUT2D eigenvalue weighted by Gasteiger charge is -2.01. The molecular weight excluding hydrogens is 256 g/mol. The number of aryl methyl sites for hydroxylation is 3. The predicted molar refractivity (Wildman–Crippen MR) is 63.1 cm³/mol. The van der Waals surface area contributed by atoms with E-state index in [1.807, 2.05) is 19.3 Å². The van der Waals surface area contributed by atoms with Crippen LogP contribution in [0.15, 0.2) is 17.4 Å². The minimum Gasteiger partial charge on any atom is -0.481 e. The monoisotopic (exact) mass is 268 g/mol. The van der Waals surface area contributed by atoms with Crippen LogP contribution in [0, 0.1) is 0 Å². The molecule has 0 amide bonds. The quantitative estimate of drug-likeness (QED) is 0.726. The Balaban J connectivity index is 1.93. The molecule has 2 aromatic heterocycles. The van der Waals surface area contributed by atoms with Gasteiger partial charge in [-0.15, -0.1) is 5.10 Å². The van der Waals surface area contributed by atoms with E-state index >= 15 is 0 Å².